The van der Waals surface area contributed by atoms with Crippen LogP contribution in [0.15, 0.2) is 4.47 Å². The predicted molar refractivity (Wildman–Crippen MR) is 74.5 cm³/mol. The van der Waals surface area contributed by atoms with E-state index in [-0.39, 0.29) is 19.3 Å². The molecule has 1 rings (SSSR count). The molecule has 0 aromatic carbocycles. The van der Waals surface area contributed by atoms with Crippen LogP contribution in [0.5, 0.6) is 0 Å². The van der Waals surface area contributed by atoms with Crippen molar-refractivity contribution >= 4 is 15.9 Å². The van der Waals surface area contributed by atoms with Gasteiger partial charge < -0.3 is 5.11 Å². The van der Waals surface area contributed by atoms with E-state index in [1.807, 2.05) is 6.92 Å². The summed E-state index contributed by atoms with van der Waals surface area (Å²) in [7, 11) is 1.77. The third kappa shape index (κ3) is 5.09. The number of aliphatic hydroxyl groups is 1. The van der Waals surface area contributed by atoms with Crippen LogP contribution in [0.1, 0.15) is 44.5 Å². The number of halogens is 4. The van der Waals surface area contributed by atoms with Gasteiger partial charge in [-0.3, -0.25) is 4.68 Å². The van der Waals surface area contributed by atoms with Gasteiger partial charge in [0.15, 0.2) is 0 Å². The molecule has 0 saturated carbocycles. The largest absolute Gasteiger partial charge is 0.390 e. The summed E-state index contributed by atoms with van der Waals surface area (Å²) >= 11 is 3.44. The first-order valence-electron chi connectivity index (χ1n) is 6.55. The van der Waals surface area contributed by atoms with Crippen LogP contribution in [0.25, 0.3) is 0 Å². The summed E-state index contributed by atoms with van der Waals surface area (Å²) in [4.78, 5) is 0. The zero-order chi connectivity index (χ0) is 15.6. The van der Waals surface area contributed by atoms with Crippen LogP contribution in [0.2, 0.25) is 0 Å². The molecular weight excluding hydrogens is 337 g/mol. The van der Waals surface area contributed by atoms with Gasteiger partial charge in [-0.05, 0) is 42.1 Å². The molecule has 0 spiro atoms. The molecule has 1 aromatic rings. The molecule has 0 aliphatic rings. The van der Waals surface area contributed by atoms with Gasteiger partial charge in [0, 0.05) is 19.9 Å². The second-order valence-corrected chi connectivity index (χ2v) is 6.12. The fourth-order valence-corrected chi connectivity index (χ4v) is 2.89. The molecule has 0 aliphatic carbocycles. The van der Waals surface area contributed by atoms with Gasteiger partial charge in [-0.15, -0.1) is 0 Å². The Bertz CT molecular complexity index is 455. The first kappa shape index (κ1) is 17.5. The minimum atomic E-state index is -4.17. The number of aryl methyl sites for hydroxylation is 2. The second-order valence-electron chi connectivity index (χ2n) is 5.33. The molecule has 1 atom stereocenters. The normalized spacial score (nSPS) is 15.4. The van der Waals surface area contributed by atoms with Crippen molar-refractivity contribution in [3.63, 3.8) is 0 Å². The van der Waals surface area contributed by atoms with Gasteiger partial charge in [0.2, 0.25) is 0 Å². The number of hydrogen-bond donors (Lipinski definition) is 1. The lowest BCUT2D eigenvalue weighted by atomic mass is 9.93. The van der Waals surface area contributed by atoms with E-state index in [0.29, 0.717) is 0 Å². The first-order valence-corrected chi connectivity index (χ1v) is 7.34. The molecule has 0 saturated heterocycles. The fraction of sp³-hybridized carbons (Fsp3) is 0.769. The molecule has 1 heterocycles. The van der Waals surface area contributed by atoms with Crippen molar-refractivity contribution in [1.82, 2.24) is 9.78 Å². The van der Waals surface area contributed by atoms with Crippen LogP contribution < -0.4 is 0 Å². The zero-order valence-electron chi connectivity index (χ0n) is 11.9. The highest BCUT2D eigenvalue weighted by atomic mass is 79.9. The van der Waals surface area contributed by atoms with Gasteiger partial charge in [-0.2, -0.15) is 18.3 Å². The lowest BCUT2D eigenvalue weighted by Crippen LogP contribution is -2.29. The molecule has 1 unspecified atom stereocenters. The Balaban J connectivity index is 2.69. The zero-order valence-corrected chi connectivity index (χ0v) is 13.5. The van der Waals surface area contributed by atoms with Crippen LogP contribution in [-0.4, -0.2) is 26.7 Å². The number of aromatic nitrogens is 2. The molecule has 3 nitrogen and oxygen atoms in total. The Morgan fingerprint density at radius 2 is 1.90 bits per heavy atom. The SMILES string of the molecule is CCc1nn(C)c(CC(C)(O)CCCC(F)(F)F)c1Br. The summed E-state index contributed by atoms with van der Waals surface area (Å²) in [6.07, 6.45) is -3.98. The van der Waals surface area contributed by atoms with Crippen molar-refractivity contribution in [2.75, 3.05) is 0 Å². The fourth-order valence-electron chi connectivity index (χ4n) is 2.13. The average molecular weight is 357 g/mol. The molecule has 1 N–H and O–H groups in total. The topological polar surface area (TPSA) is 38.0 Å². The Morgan fingerprint density at radius 1 is 1.30 bits per heavy atom. The van der Waals surface area contributed by atoms with E-state index >= 15 is 0 Å². The Kier molecular flexibility index (Phi) is 5.66. The average Bonchev–Trinajstić information content (AvgIpc) is 2.54. The van der Waals surface area contributed by atoms with Crippen molar-refractivity contribution in [2.45, 2.75) is 57.7 Å². The lowest BCUT2D eigenvalue weighted by Gasteiger charge is -2.23. The predicted octanol–water partition coefficient (Wildman–Crippen LogP) is 3.77. The van der Waals surface area contributed by atoms with Crippen LogP contribution in [0.3, 0.4) is 0 Å². The first-order chi connectivity index (χ1) is 9.06. The van der Waals surface area contributed by atoms with E-state index in [4.69, 9.17) is 0 Å². The van der Waals surface area contributed by atoms with Crippen molar-refractivity contribution in [3.05, 3.63) is 15.9 Å². The number of alkyl halides is 3. The van der Waals surface area contributed by atoms with E-state index < -0.39 is 18.2 Å². The van der Waals surface area contributed by atoms with E-state index in [9.17, 15) is 18.3 Å². The summed E-state index contributed by atoms with van der Waals surface area (Å²) < 4.78 is 38.9. The van der Waals surface area contributed by atoms with Gasteiger partial charge >= 0.3 is 6.18 Å². The van der Waals surface area contributed by atoms with Crippen molar-refractivity contribution in [3.8, 4) is 0 Å². The van der Waals surface area contributed by atoms with Crippen molar-refractivity contribution < 1.29 is 18.3 Å². The van der Waals surface area contributed by atoms with Gasteiger partial charge in [0.1, 0.15) is 0 Å². The summed E-state index contributed by atoms with van der Waals surface area (Å²) in [5.41, 5.74) is 0.513. The monoisotopic (exact) mass is 356 g/mol. The smallest absolute Gasteiger partial charge is 0.389 e. The molecule has 1 aromatic heterocycles. The molecular formula is C13H20BrF3N2O. The van der Waals surface area contributed by atoms with Crippen LogP contribution >= 0.6 is 15.9 Å². The Labute approximate surface area is 125 Å². The minimum absolute atomic E-state index is 0.0768. The summed E-state index contributed by atoms with van der Waals surface area (Å²) in [5, 5.41) is 14.6. The molecule has 7 heteroatoms. The Hall–Kier alpha value is -0.560. The maximum atomic E-state index is 12.1. The standard InChI is InChI=1S/C13H20BrF3N2O/c1-4-9-11(14)10(19(3)18-9)8-12(2,20)6-5-7-13(15,16)17/h20H,4-8H2,1-3H3. The van der Waals surface area contributed by atoms with Crippen LogP contribution in [0, 0.1) is 0 Å². The maximum absolute atomic E-state index is 12.1. The number of rotatable bonds is 6. The van der Waals surface area contributed by atoms with Gasteiger partial charge in [0.05, 0.1) is 21.5 Å². The lowest BCUT2D eigenvalue weighted by molar-refractivity contribution is -0.137. The molecule has 0 radical (unpaired) electrons. The second kappa shape index (κ2) is 6.47. The number of nitrogens with zero attached hydrogens (tertiary/aromatic N) is 2. The molecule has 0 aliphatic heterocycles. The van der Waals surface area contributed by atoms with E-state index in [2.05, 4.69) is 21.0 Å². The minimum Gasteiger partial charge on any atom is -0.390 e. The van der Waals surface area contributed by atoms with Crippen LogP contribution in [0.4, 0.5) is 13.2 Å². The number of hydrogen-bond acceptors (Lipinski definition) is 2. The maximum Gasteiger partial charge on any atom is 0.389 e. The third-order valence-electron chi connectivity index (χ3n) is 3.23. The summed E-state index contributed by atoms with van der Waals surface area (Å²) in [6.45, 7) is 3.53. The summed E-state index contributed by atoms with van der Waals surface area (Å²) in [6, 6.07) is 0. The highest BCUT2D eigenvalue weighted by molar-refractivity contribution is 9.10. The van der Waals surface area contributed by atoms with Gasteiger partial charge in [-0.1, -0.05) is 6.92 Å². The van der Waals surface area contributed by atoms with Gasteiger partial charge in [-0.25, -0.2) is 0 Å². The highest BCUT2D eigenvalue weighted by Crippen LogP contribution is 2.29. The Morgan fingerprint density at radius 3 is 2.35 bits per heavy atom. The molecule has 0 amide bonds. The highest BCUT2D eigenvalue weighted by Gasteiger charge is 2.30. The van der Waals surface area contributed by atoms with Crippen LogP contribution in [-0.2, 0) is 19.9 Å². The summed E-state index contributed by atoms with van der Waals surface area (Å²) in [5.74, 6) is 0. The van der Waals surface area contributed by atoms with Crippen molar-refractivity contribution in [1.29, 1.82) is 0 Å². The molecule has 0 fully saturated rings. The van der Waals surface area contributed by atoms with E-state index in [0.717, 1.165) is 22.3 Å². The third-order valence-corrected chi connectivity index (χ3v) is 4.14. The quantitative estimate of drug-likeness (QED) is 0.842. The molecule has 116 valence electrons. The van der Waals surface area contributed by atoms with E-state index in [1.165, 1.54) is 0 Å². The molecule has 0 bridgehead atoms. The van der Waals surface area contributed by atoms with E-state index in [1.54, 1.807) is 18.7 Å². The molecule has 20 heavy (non-hydrogen) atoms. The van der Waals surface area contributed by atoms with Gasteiger partial charge in [0.25, 0.3) is 0 Å². The van der Waals surface area contributed by atoms with Crippen molar-refractivity contribution in [2.24, 2.45) is 7.05 Å².